The molecule has 0 aliphatic heterocycles. The molecule has 3 rings (SSSR count). The summed E-state index contributed by atoms with van der Waals surface area (Å²) in [5.74, 6) is 0.387. The maximum atomic E-state index is 12.4. The lowest BCUT2D eigenvalue weighted by atomic mass is 9.92. The number of amides is 2. The zero-order valence-electron chi connectivity index (χ0n) is 15.2. The van der Waals surface area contributed by atoms with Crippen LogP contribution in [-0.2, 0) is 22.4 Å². The normalized spacial score (nSPS) is 14.1. The standard InChI is InChI=1S/C21H24N2O3/c1-14(26-20-12-7-16-5-3-4-6-17(16)13-20)21(25)23-19-10-8-18(9-11-19)22-15(2)24/h7-14H,3-6H2,1-2H3,(H,22,24)(H,23,25)/t14-/m0/s1. The SMILES string of the molecule is CC(=O)Nc1ccc(NC(=O)[C@H](C)Oc2ccc3c(c2)CCCC3)cc1. The Morgan fingerprint density at radius 3 is 2.19 bits per heavy atom. The maximum Gasteiger partial charge on any atom is 0.265 e. The number of carbonyl (C=O) groups excluding carboxylic acids is 2. The first kappa shape index (κ1) is 18.0. The highest BCUT2D eigenvalue weighted by atomic mass is 16.5. The van der Waals surface area contributed by atoms with Crippen molar-refractivity contribution in [1.29, 1.82) is 0 Å². The minimum atomic E-state index is -0.605. The Bertz CT molecular complexity index is 799. The van der Waals surface area contributed by atoms with Crippen molar-refractivity contribution in [3.63, 3.8) is 0 Å². The number of anilines is 2. The largest absolute Gasteiger partial charge is 0.481 e. The Morgan fingerprint density at radius 2 is 1.54 bits per heavy atom. The number of rotatable bonds is 5. The fourth-order valence-electron chi connectivity index (χ4n) is 3.12. The van der Waals surface area contributed by atoms with E-state index in [0.29, 0.717) is 11.4 Å². The minimum absolute atomic E-state index is 0.131. The van der Waals surface area contributed by atoms with Crippen LogP contribution in [-0.4, -0.2) is 17.9 Å². The molecule has 0 radical (unpaired) electrons. The van der Waals surface area contributed by atoms with E-state index in [9.17, 15) is 9.59 Å². The van der Waals surface area contributed by atoms with Crippen LogP contribution in [0.5, 0.6) is 5.75 Å². The highest BCUT2D eigenvalue weighted by Gasteiger charge is 2.16. The lowest BCUT2D eigenvalue weighted by molar-refractivity contribution is -0.122. The lowest BCUT2D eigenvalue weighted by Gasteiger charge is -2.19. The molecule has 0 bridgehead atoms. The Kier molecular flexibility index (Phi) is 5.56. The van der Waals surface area contributed by atoms with Crippen molar-refractivity contribution >= 4 is 23.2 Å². The van der Waals surface area contributed by atoms with Crippen LogP contribution in [0.3, 0.4) is 0 Å². The molecule has 2 N–H and O–H groups in total. The van der Waals surface area contributed by atoms with Crippen molar-refractivity contribution in [3.05, 3.63) is 53.6 Å². The first-order valence-electron chi connectivity index (χ1n) is 8.98. The van der Waals surface area contributed by atoms with Crippen molar-refractivity contribution in [2.45, 2.75) is 45.6 Å². The van der Waals surface area contributed by atoms with Crippen molar-refractivity contribution in [2.24, 2.45) is 0 Å². The molecule has 0 aromatic heterocycles. The maximum absolute atomic E-state index is 12.4. The molecule has 0 heterocycles. The van der Waals surface area contributed by atoms with E-state index >= 15 is 0 Å². The zero-order valence-corrected chi connectivity index (χ0v) is 15.2. The van der Waals surface area contributed by atoms with Crippen molar-refractivity contribution in [3.8, 4) is 5.75 Å². The third kappa shape index (κ3) is 4.63. The Hall–Kier alpha value is -2.82. The van der Waals surface area contributed by atoms with Gasteiger partial charge in [-0.2, -0.15) is 0 Å². The van der Waals surface area contributed by atoms with Gasteiger partial charge in [-0.1, -0.05) is 6.07 Å². The van der Waals surface area contributed by atoms with Gasteiger partial charge in [0.05, 0.1) is 0 Å². The lowest BCUT2D eigenvalue weighted by Crippen LogP contribution is -2.30. The smallest absolute Gasteiger partial charge is 0.265 e. The molecule has 2 amide bonds. The average molecular weight is 352 g/mol. The van der Waals surface area contributed by atoms with Crippen LogP contribution in [0.1, 0.15) is 37.8 Å². The summed E-state index contributed by atoms with van der Waals surface area (Å²) in [5, 5.41) is 5.52. The van der Waals surface area contributed by atoms with E-state index < -0.39 is 6.10 Å². The molecule has 0 spiro atoms. The molecule has 0 saturated heterocycles. The summed E-state index contributed by atoms with van der Waals surface area (Å²) in [7, 11) is 0. The van der Waals surface area contributed by atoms with E-state index in [0.717, 1.165) is 18.6 Å². The molecular formula is C21H24N2O3. The Labute approximate surface area is 153 Å². The summed E-state index contributed by atoms with van der Waals surface area (Å²) in [6.45, 7) is 3.19. The minimum Gasteiger partial charge on any atom is -0.481 e. The number of hydrogen-bond donors (Lipinski definition) is 2. The first-order valence-corrected chi connectivity index (χ1v) is 8.98. The first-order chi connectivity index (χ1) is 12.5. The van der Waals surface area contributed by atoms with Gasteiger partial charge in [0.15, 0.2) is 6.10 Å². The van der Waals surface area contributed by atoms with Crippen LogP contribution in [0.15, 0.2) is 42.5 Å². The van der Waals surface area contributed by atoms with Gasteiger partial charge in [-0.15, -0.1) is 0 Å². The molecule has 1 aliphatic rings. The van der Waals surface area contributed by atoms with Gasteiger partial charge in [0.1, 0.15) is 5.75 Å². The highest BCUT2D eigenvalue weighted by Crippen LogP contribution is 2.26. The van der Waals surface area contributed by atoms with Crippen molar-refractivity contribution in [2.75, 3.05) is 10.6 Å². The van der Waals surface area contributed by atoms with E-state index in [1.807, 2.05) is 6.07 Å². The second kappa shape index (κ2) is 8.04. The molecule has 0 saturated carbocycles. The molecule has 5 heteroatoms. The predicted molar refractivity (Wildman–Crippen MR) is 103 cm³/mol. The number of ether oxygens (including phenoxy) is 1. The van der Waals surface area contributed by atoms with Gasteiger partial charge in [0, 0.05) is 18.3 Å². The van der Waals surface area contributed by atoms with Crippen molar-refractivity contribution < 1.29 is 14.3 Å². The van der Waals surface area contributed by atoms with Gasteiger partial charge in [-0.25, -0.2) is 0 Å². The third-order valence-corrected chi connectivity index (χ3v) is 4.47. The molecule has 136 valence electrons. The summed E-state index contributed by atoms with van der Waals surface area (Å²) < 4.78 is 5.82. The number of fused-ring (bicyclic) bond motifs is 1. The molecule has 0 unspecified atom stereocenters. The van der Waals surface area contributed by atoms with E-state index in [1.165, 1.54) is 30.9 Å². The molecule has 2 aromatic carbocycles. The summed E-state index contributed by atoms with van der Waals surface area (Å²) >= 11 is 0. The fourth-order valence-corrected chi connectivity index (χ4v) is 3.12. The molecule has 26 heavy (non-hydrogen) atoms. The second-order valence-electron chi connectivity index (χ2n) is 6.65. The van der Waals surface area contributed by atoms with Gasteiger partial charge in [0.2, 0.25) is 5.91 Å². The number of nitrogens with one attached hydrogen (secondary N) is 2. The van der Waals surface area contributed by atoms with Gasteiger partial charge >= 0.3 is 0 Å². The third-order valence-electron chi connectivity index (χ3n) is 4.47. The molecule has 0 fully saturated rings. The predicted octanol–water partition coefficient (Wildman–Crippen LogP) is 3.93. The number of hydrogen-bond acceptors (Lipinski definition) is 3. The molecule has 2 aromatic rings. The molecular weight excluding hydrogens is 328 g/mol. The quantitative estimate of drug-likeness (QED) is 0.857. The summed E-state index contributed by atoms with van der Waals surface area (Å²) in [5.41, 5.74) is 4.06. The zero-order chi connectivity index (χ0) is 18.5. The van der Waals surface area contributed by atoms with E-state index in [-0.39, 0.29) is 11.8 Å². The molecule has 1 aliphatic carbocycles. The van der Waals surface area contributed by atoms with Crippen LogP contribution in [0.2, 0.25) is 0 Å². The number of carbonyl (C=O) groups is 2. The van der Waals surface area contributed by atoms with Gasteiger partial charge in [-0.05, 0) is 80.1 Å². The van der Waals surface area contributed by atoms with E-state index in [4.69, 9.17) is 4.74 Å². The Balaban J connectivity index is 1.58. The van der Waals surface area contributed by atoms with Gasteiger partial charge in [0.25, 0.3) is 5.91 Å². The summed E-state index contributed by atoms with van der Waals surface area (Å²) in [6.07, 6.45) is 4.05. The van der Waals surface area contributed by atoms with Crippen LogP contribution in [0, 0.1) is 0 Å². The van der Waals surface area contributed by atoms with E-state index in [2.05, 4.69) is 22.8 Å². The average Bonchev–Trinajstić information content (AvgIpc) is 2.62. The van der Waals surface area contributed by atoms with Crippen LogP contribution in [0.25, 0.3) is 0 Å². The topological polar surface area (TPSA) is 67.4 Å². The van der Waals surface area contributed by atoms with Crippen LogP contribution >= 0.6 is 0 Å². The van der Waals surface area contributed by atoms with Gasteiger partial charge < -0.3 is 15.4 Å². The molecule has 1 atom stereocenters. The Morgan fingerprint density at radius 1 is 0.923 bits per heavy atom. The summed E-state index contributed by atoms with van der Waals surface area (Å²) in [6, 6.07) is 13.1. The number of benzene rings is 2. The summed E-state index contributed by atoms with van der Waals surface area (Å²) in [4.78, 5) is 23.4. The van der Waals surface area contributed by atoms with Crippen molar-refractivity contribution in [1.82, 2.24) is 0 Å². The van der Waals surface area contributed by atoms with Crippen LogP contribution < -0.4 is 15.4 Å². The monoisotopic (exact) mass is 352 g/mol. The van der Waals surface area contributed by atoms with E-state index in [1.54, 1.807) is 31.2 Å². The number of aryl methyl sites for hydroxylation is 2. The fraction of sp³-hybridized carbons (Fsp3) is 0.333. The van der Waals surface area contributed by atoms with Crippen LogP contribution in [0.4, 0.5) is 11.4 Å². The highest BCUT2D eigenvalue weighted by molar-refractivity contribution is 5.94. The molecule has 5 nitrogen and oxygen atoms in total. The second-order valence-corrected chi connectivity index (χ2v) is 6.65. The van der Waals surface area contributed by atoms with Gasteiger partial charge in [-0.3, -0.25) is 9.59 Å².